The first-order valence-electron chi connectivity index (χ1n) is 14.2. The molecule has 0 bridgehead atoms. The predicted molar refractivity (Wildman–Crippen MR) is 155 cm³/mol. The molecule has 2 aromatic carbocycles. The van der Waals surface area contributed by atoms with Gasteiger partial charge in [-0.3, -0.25) is 4.89 Å². The van der Waals surface area contributed by atoms with E-state index in [1.165, 1.54) is 36.8 Å². The summed E-state index contributed by atoms with van der Waals surface area (Å²) in [6.45, 7) is 19.4. The van der Waals surface area contributed by atoms with Gasteiger partial charge in [-0.05, 0) is 47.6 Å². The topological polar surface area (TPSA) is 55.8 Å². The second-order valence-electron chi connectivity index (χ2n) is 12.9. The van der Waals surface area contributed by atoms with Crippen LogP contribution in [0.5, 0.6) is 11.5 Å². The van der Waals surface area contributed by atoms with E-state index in [4.69, 9.17) is 9.05 Å². The van der Waals surface area contributed by atoms with Crippen LogP contribution in [0.1, 0.15) is 140 Å². The molecule has 1 aliphatic heterocycles. The minimum Gasteiger partial charge on any atom is -0.395 e. The monoisotopic (exact) mass is 528 g/mol. The standard InChI is InChI=1S/C32H49O4P/c1-10-12-14-16-23-18-25-22(3)26-19-24(17-15-13-11-2)21-28(32(7,8)9)30(26)36-37(33,34)35-29(25)27(20-23)31(4,5)6/h18-22H,10-17H2,1-9H3,(H,33,34). The molecule has 1 aliphatic rings. The summed E-state index contributed by atoms with van der Waals surface area (Å²) >= 11 is 0. The van der Waals surface area contributed by atoms with Crippen LogP contribution in [0, 0.1) is 0 Å². The van der Waals surface area contributed by atoms with Crippen molar-refractivity contribution >= 4 is 7.82 Å². The van der Waals surface area contributed by atoms with E-state index in [1.54, 1.807) is 0 Å². The maximum atomic E-state index is 13.5. The van der Waals surface area contributed by atoms with Crippen molar-refractivity contribution < 1.29 is 18.5 Å². The predicted octanol–water partition coefficient (Wildman–Crippen LogP) is 9.77. The fraction of sp³-hybridized carbons (Fsp3) is 0.625. The molecule has 0 saturated heterocycles. The number of phosphoric acid groups is 1. The number of hydrogen-bond donors (Lipinski definition) is 1. The third-order valence-corrected chi connectivity index (χ3v) is 8.28. The van der Waals surface area contributed by atoms with Crippen LogP contribution in [0.25, 0.3) is 0 Å². The highest BCUT2D eigenvalue weighted by Gasteiger charge is 2.38. The Bertz CT molecular complexity index is 1050. The number of hydrogen-bond acceptors (Lipinski definition) is 3. The third kappa shape index (κ3) is 7.21. The normalized spacial score (nSPS) is 19.8. The van der Waals surface area contributed by atoms with Gasteiger partial charge in [0.25, 0.3) is 0 Å². The Morgan fingerprint density at radius 3 is 1.43 bits per heavy atom. The van der Waals surface area contributed by atoms with Crippen LogP contribution >= 0.6 is 7.82 Å². The molecule has 1 heterocycles. The molecule has 5 heteroatoms. The Kier molecular flexibility index (Phi) is 9.29. The van der Waals surface area contributed by atoms with Crippen molar-refractivity contribution in [3.8, 4) is 11.5 Å². The van der Waals surface area contributed by atoms with Crippen molar-refractivity contribution in [2.75, 3.05) is 0 Å². The highest BCUT2D eigenvalue weighted by atomic mass is 31.2. The molecule has 0 unspecified atom stereocenters. The van der Waals surface area contributed by atoms with Crippen LogP contribution in [-0.2, 0) is 28.2 Å². The minimum atomic E-state index is -4.42. The SMILES string of the molecule is CCCCCc1cc2c(c(C(C)(C)C)c1)OP(=O)(O)Oc1c(cc(CCCCC)cc1C(C)(C)C)C2C. The van der Waals surface area contributed by atoms with E-state index >= 15 is 0 Å². The van der Waals surface area contributed by atoms with E-state index in [0.717, 1.165) is 47.9 Å². The highest BCUT2D eigenvalue weighted by Crippen LogP contribution is 2.56. The number of phosphoric ester groups is 1. The summed E-state index contributed by atoms with van der Waals surface area (Å²) in [6.07, 6.45) is 8.95. The molecular formula is C32H49O4P. The van der Waals surface area contributed by atoms with Gasteiger partial charge >= 0.3 is 7.82 Å². The molecule has 0 radical (unpaired) electrons. The Balaban J connectivity index is 2.30. The zero-order chi connectivity index (χ0) is 27.6. The molecule has 2 aromatic rings. The quantitative estimate of drug-likeness (QED) is 0.274. The van der Waals surface area contributed by atoms with E-state index in [9.17, 15) is 9.46 Å². The van der Waals surface area contributed by atoms with Gasteiger partial charge in [-0.1, -0.05) is 112 Å². The lowest BCUT2D eigenvalue weighted by molar-refractivity contribution is 0.280. The average Bonchev–Trinajstić information content (AvgIpc) is 2.77. The summed E-state index contributed by atoms with van der Waals surface area (Å²) < 4.78 is 25.4. The van der Waals surface area contributed by atoms with Gasteiger partial charge in [-0.25, -0.2) is 4.57 Å². The second kappa shape index (κ2) is 11.5. The highest BCUT2D eigenvalue weighted by molar-refractivity contribution is 7.48. The lowest BCUT2D eigenvalue weighted by atomic mass is 9.78. The van der Waals surface area contributed by atoms with Crippen molar-refractivity contribution in [1.29, 1.82) is 0 Å². The molecule has 0 atom stereocenters. The molecule has 0 fully saturated rings. The van der Waals surface area contributed by atoms with Crippen molar-refractivity contribution in [3.05, 3.63) is 57.6 Å². The molecule has 0 saturated carbocycles. The van der Waals surface area contributed by atoms with Crippen LogP contribution in [0.15, 0.2) is 24.3 Å². The molecule has 0 amide bonds. The van der Waals surface area contributed by atoms with Gasteiger partial charge in [0, 0.05) is 28.2 Å². The van der Waals surface area contributed by atoms with Gasteiger partial charge in [-0.2, -0.15) is 0 Å². The first kappa shape index (κ1) is 29.8. The largest absolute Gasteiger partial charge is 0.584 e. The van der Waals surface area contributed by atoms with Crippen molar-refractivity contribution in [2.45, 2.75) is 130 Å². The smallest absolute Gasteiger partial charge is 0.395 e. The average molecular weight is 529 g/mol. The molecule has 3 rings (SSSR count). The molecule has 0 aliphatic carbocycles. The van der Waals surface area contributed by atoms with Crippen molar-refractivity contribution in [2.24, 2.45) is 0 Å². The van der Waals surface area contributed by atoms with Crippen LogP contribution in [0.3, 0.4) is 0 Å². The van der Waals surface area contributed by atoms with Crippen molar-refractivity contribution in [1.82, 2.24) is 0 Å². The van der Waals surface area contributed by atoms with Crippen LogP contribution in [0.4, 0.5) is 0 Å². The summed E-state index contributed by atoms with van der Waals surface area (Å²) in [6, 6.07) is 8.76. The molecule has 0 spiro atoms. The number of fused-ring (bicyclic) bond motifs is 2. The van der Waals surface area contributed by atoms with E-state index in [2.05, 4.69) is 86.6 Å². The summed E-state index contributed by atoms with van der Waals surface area (Å²) in [5.41, 5.74) is 5.87. The summed E-state index contributed by atoms with van der Waals surface area (Å²) in [5, 5.41) is 0. The Morgan fingerprint density at radius 1 is 0.730 bits per heavy atom. The summed E-state index contributed by atoms with van der Waals surface area (Å²) in [7, 11) is -4.42. The second-order valence-corrected chi connectivity index (χ2v) is 14.2. The maximum absolute atomic E-state index is 13.5. The lowest BCUT2D eigenvalue weighted by Crippen LogP contribution is -2.21. The molecular weight excluding hydrogens is 479 g/mol. The fourth-order valence-electron chi connectivity index (χ4n) is 5.25. The molecule has 4 nitrogen and oxygen atoms in total. The van der Waals surface area contributed by atoms with Crippen LogP contribution in [-0.4, -0.2) is 4.89 Å². The van der Waals surface area contributed by atoms with E-state index in [1.807, 2.05) is 0 Å². The van der Waals surface area contributed by atoms with E-state index in [-0.39, 0.29) is 16.7 Å². The molecule has 37 heavy (non-hydrogen) atoms. The zero-order valence-electron chi connectivity index (χ0n) is 24.7. The number of benzene rings is 2. The first-order chi connectivity index (χ1) is 17.2. The van der Waals surface area contributed by atoms with Gasteiger partial charge in [0.2, 0.25) is 0 Å². The number of unbranched alkanes of at least 4 members (excludes halogenated alkanes) is 4. The van der Waals surface area contributed by atoms with Gasteiger partial charge in [-0.15, -0.1) is 0 Å². The third-order valence-electron chi connectivity index (χ3n) is 7.46. The van der Waals surface area contributed by atoms with Gasteiger partial charge < -0.3 is 9.05 Å². The first-order valence-corrected chi connectivity index (χ1v) is 15.7. The zero-order valence-corrected chi connectivity index (χ0v) is 25.6. The van der Waals surface area contributed by atoms with Gasteiger partial charge in [0.05, 0.1) is 0 Å². The summed E-state index contributed by atoms with van der Waals surface area (Å²) in [4.78, 5) is 11.0. The van der Waals surface area contributed by atoms with E-state index < -0.39 is 7.82 Å². The van der Waals surface area contributed by atoms with Crippen molar-refractivity contribution in [3.63, 3.8) is 0 Å². The van der Waals surface area contributed by atoms with Gasteiger partial charge in [0.1, 0.15) is 11.5 Å². The molecule has 1 N–H and O–H groups in total. The summed E-state index contributed by atoms with van der Waals surface area (Å²) in [5.74, 6) is 0.957. The minimum absolute atomic E-state index is 0.0512. The van der Waals surface area contributed by atoms with Gasteiger partial charge in [0.15, 0.2) is 0 Å². The molecule has 206 valence electrons. The van der Waals surface area contributed by atoms with E-state index in [0.29, 0.717) is 11.5 Å². The molecule has 0 aromatic heterocycles. The number of aryl methyl sites for hydroxylation is 2. The lowest BCUT2D eigenvalue weighted by Gasteiger charge is -2.34. The Morgan fingerprint density at radius 2 is 1.11 bits per heavy atom. The number of rotatable bonds is 8. The van der Waals surface area contributed by atoms with Crippen LogP contribution < -0.4 is 9.05 Å². The van der Waals surface area contributed by atoms with Crippen LogP contribution in [0.2, 0.25) is 0 Å². The fourth-order valence-corrected chi connectivity index (χ4v) is 6.16. The maximum Gasteiger partial charge on any atom is 0.584 e. The Labute approximate surface area is 225 Å². The Hall–Kier alpha value is -1.77.